The highest BCUT2D eigenvalue weighted by molar-refractivity contribution is 5.62. The second-order valence-corrected chi connectivity index (χ2v) is 5.27. The smallest absolute Gasteiger partial charge is 0.292 e. The molecule has 0 atom stereocenters. The highest BCUT2D eigenvalue weighted by Gasteiger charge is 2.19. The molecule has 1 rings (SSSR count). The van der Waals surface area contributed by atoms with Gasteiger partial charge in [0.25, 0.3) is 5.69 Å². The lowest BCUT2D eigenvalue weighted by Crippen LogP contribution is -2.24. The highest BCUT2D eigenvalue weighted by Crippen LogP contribution is 2.27. The zero-order valence-corrected chi connectivity index (χ0v) is 11.1. The molecule has 0 saturated heterocycles. The molecule has 0 unspecified atom stereocenters. The summed E-state index contributed by atoms with van der Waals surface area (Å²) in [5.41, 5.74) is 1.38. The topological polar surface area (TPSA) is 75.4 Å². The second kappa shape index (κ2) is 5.82. The SMILES string of the molecule is Cc1ccc(NCC(C)(C)CCO)c([N+](=O)[O-])c1. The van der Waals surface area contributed by atoms with Gasteiger partial charge in [-0.15, -0.1) is 0 Å². The Morgan fingerprint density at radius 3 is 2.67 bits per heavy atom. The number of rotatable bonds is 6. The molecule has 0 spiro atoms. The summed E-state index contributed by atoms with van der Waals surface area (Å²) in [6, 6.07) is 5.12. The summed E-state index contributed by atoms with van der Waals surface area (Å²) in [7, 11) is 0. The maximum absolute atomic E-state index is 10.9. The number of nitrogens with zero attached hydrogens (tertiary/aromatic N) is 1. The number of aliphatic hydroxyl groups is 1. The molecular weight excluding hydrogens is 232 g/mol. The predicted octanol–water partition coefficient (Wildman–Crippen LogP) is 2.72. The number of nitro groups is 1. The molecule has 0 saturated carbocycles. The lowest BCUT2D eigenvalue weighted by molar-refractivity contribution is -0.384. The van der Waals surface area contributed by atoms with Crippen molar-refractivity contribution in [2.75, 3.05) is 18.5 Å². The largest absolute Gasteiger partial charge is 0.396 e. The van der Waals surface area contributed by atoms with E-state index in [1.165, 1.54) is 0 Å². The highest BCUT2D eigenvalue weighted by atomic mass is 16.6. The van der Waals surface area contributed by atoms with Crippen molar-refractivity contribution < 1.29 is 10.0 Å². The number of nitro benzene ring substituents is 1. The van der Waals surface area contributed by atoms with Crippen LogP contribution in [-0.2, 0) is 0 Å². The molecule has 1 aromatic carbocycles. The summed E-state index contributed by atoms with van der Waals surface area (Å²) in [5.74, 6) is 0. The number of aryl methyl sites for hydroxylation is 1. The van der Waals surface area contributed by atoms with Crippen molar-refractivity contribution in [2.24, 2.45) is 5.41 Å². The molecule has 0 aliphatic rings. The minimum absolute atomic E-state index is 0.0924. The minimum Gasteiger partial charge on any atom is -0.396 e. The molecule has 5 heteroatoms. The summed E-state index contributed by atoms with van der Waals surface area (Å²) in [5, 5.41) is 23.0. The average Bonchev–Trinajstić information content (AvgIpc) is 2.27. The number of nitrogens with one attached hydrogen (secondary N) is 1. The van der Waals surface area contributed by atoms with Crippen molar-refractivity contribution in [1.29, 1.82) is 0 Å². The molecule has 0 bridgehead atoms. The first kappa shape index (κ1) is 14.4. The van der Waals surface area contributed by atoms with Crippen LogP contribution < -0.4 is 5.32 Å². The van der Waals surface area contributed by atoms with Gasteiger partial charge in [0.1, 0.15) is 5.69 Å². The fourth-order valence-electron chi connectivity index (χ4n) is 1.67. The summed E-state index contributed by atoms with van der Waals surface area (Å²) in [6.45, 7) is 6.54. The summed E-state index contributed by atoms with van der Waals surface area (Å²) >= 11 is 0. The van der Waals surface area contributed by atoms with E-state index in [1.54, 1.807) is 12.1 Å². The monoisotopic (exact) mass is 252 g/mol. The molecule has 0 aliphatic heterocycles. The fraction of sp³-hybridized carbons (Fsp3) is 0.538. The Labute approximate surface area is 107 Å². The van der Waals surface area contributed by atoms with E-state index in [0.717, 1.165) is 5.56 Å². The number of anilines is 1. The molecule has 0 heterocycles. The van der Waals surface area contributed by atoms with E-state index >= 15 is 0 Å². The third-order valence-corrected chi connectivity index (χ3v) is 2.90. The molecule has 100 valence electrons. The van der Waals surface area contributed by atoms with Crippen LogP contribution in [-0.4, -0.2) is 23.2 Å². The van der Waals surface area contributed by atoms with Crippen LogP contribution in [0.25, 0.3) is 0 Å². The second-order valence-electron chi connectivity index (χ2n) is 5.27. The van der Waals surface area contributed by atoms with Crippen LogP contribution in [0, 0.1) is 22.5 Å². The van der Waals surface area contributed by atoms with Crippen LogP contribution in [0.15, 0.2) is 18.2 Å². The van der Waals surface area contributed by atoms with Gasteiger partial charge >= 0.3 is 0 Å². The van der Waals surface area contributed by atoms with Crippen molar-refractivity contribution >= 4 is 11.4 Å². The van der Waals surface area contributed by atoms with Crippen molar-refractivity contribution in [2.45, 2.75) is 27.2 Å². The molecule has 0 aliphatic carbocycles. The van der Waals surface area contributed by atoms with Gasteiger partial charge in [-0.05, 0) is 30.4 Å². The van der Waals surface area contributed by atoms with Crippen LogP contribution in [0.2, 0.25) is 0 Å². The van der Waals surface area contributed by atoms with E-state index in [0.29, 0.717) is 18.7 Å². The van der Waals surface area contributed by atoms with Gasteiger partial charge in [-0.1, -0.05) is 19.9 Å². The van der Waals surface area contributed by atoms with Crippen LogP contribution in [0.4, 0.5) is 11.4 Å². The van der Waals surface area contributed by atoms with Gasteiger partial charge < -0.3 is 10.4 Å². The first-order chi connectivity index (χ1) is 8.35. The van der Waals surface area contributed by atoms with E-state index < -0.39 is 0 Å². The van der Waals surface area contributed by atoms with E-state index in [2.05, 4.69) is 5.32 Å². The predicted molar refractivity (Wildman–Crippen MR) is 71.8 cm³/mol. The Bertz CT molecular complexity index is 430. The van der Waals surface area contributed by atoms with Crippen LogP contribution >= 0.6 is 0 Å². The molecule has 2 N–H and O–H groups in total. The van der Waals surface area contributed by atoms with Gasteiger partial charge in [-0.25, -0.2) is 0 Å². The molecule has 5 nitrogen and oxygen atoms in total. The van der Waals surface area contributed by atoms with E-state index in [1.807, 2.05) is 26.8 Å². The fourth-order valence-corrected chi connectivity index (χ4v) is 1.67. The third-order valence-electron chi connectivity index (χ3n) is 2.90. The van der Waals surface area contributed by atoms with E-state index in [-0.39, 0.29) is 22.6 Å². The van der Waals surface area contributed by atoms with Gasteiger partial charge in [-0.3, -0.25) is 10.1 Å². The van der Waals surface area contributed by atoms with Gasteiger partial charge in [0.15, 0.2) is 0 Å². The van der Waals surface area contributed by atoms with Gasteiger partial charge in [0, 0.05) is 19.2 Å². The van der Waals surface area contributed by atoms with Crippen molar-refractivity contribution in [3.63, 3.8) is 0 Å². The van der Waals surface area contributed by atoms with Crippen molar-refractivity contribution in [1.82, 2.24) is 0 Å². The number of benzene rings is 1. The lowest BCUT2D eigenvalue weighted by Gasteiger charge is -2.24. The van der Waals surface area contributed by atoms with Crippen LogP contribution in [0.1, 0.15) is 25.8 Å². The Morgan fingerprint density at radius 2 is 2.11 bits per heavy atom. The number of aliphatic hydroxyl groups excluding tert-OH is 1. The van der Waals surface area contributed by atoms with Crippen LogP contribution in [0.3, 0.4) is 0 Å². The number of hydrogen-bond donors (Lipinski definition) is 2. The molecule has 0 amide bonds. The number of hydrogen-bond acceptors (Lipinski definition) is 4. The maximum Gasteiger partial charge on any atom is 0.292 e. The Balaban J connectivity index is 2.82. The Morgan fingerprint density at radius 1 is 1.44 bits per heavy atom. The quantitative estimate of drug-likeness (QED) is 0.603. The van der Waals surface area contributed by atoms with Gasteiger partial charge in [-0.2, -0.15) is 0 Å². The molecule has 0 aromatic heterocycles. The summed E-state index contributed by atoms with van der Waals surface area (Å²) in [6.07, 6.45) is 0.652. The van der Waals surface area contributed by atoms with Gasteiger partial charge in [0.2, 0.25) is 0 Å². The Kier molecular flexibility index (Phi) is 4.67. The first-order valence-corrected chi connectivity index (χ1v) is 5.95. The third kappa shape index (κ3) is 4.00. The maximum atomic E-state index is 10.9. The van der Waals surface area contributed by atoms with Crippen molar-refractivity contribution in [3.8, 4) is 0 Å². The first-order valence-electron chi connectivity index (χ1n) is 5.95. The lowest BCUT2D eigenvalue weighted by atomic mass is 9.89. The summed E-state index contributed by atoms with van der Waals surface area (Å²) < 4.78 is 0. The molecule has 0 radical (unpaired) electrons. The normalized spacial score (nSPS) is 11.3. The minimum atomic E-state index is -0.381. The standard InChI is InChI=1S/C13H20N2O3/c1-10-4-5-11(12(8-10)15(17)18)14-9-13(2,3)6-7-16/h4-5,8,14,16H,6-7,9H2,1-3H3. The van der Waals surface area contributed by atoms with Crippen molar-refractivity contribution in [3.05, 3.63) is 33.9 Å². The average molecular weight is 252 g/mol. The zero-order valence-electron chi connectivity index (χ0n) is 11.1. The van der Waals surface area contributed by atoms with Crippen LogP contribution in [0.5, 0.6) is 0 Å². The molecule has 1 aromatic rings. The zero-order chi connectivity index (χ0) is 13.8. The molecule has 18 heavy (non-hydrogen) atoms. The summed E-state index contributed by atoms with van der Waals surface area (Å²) in [4.78, 5) is 10.6. The van der Waals surface area contributed by atoms with E-state index in [9.17, 15) is 10.1 Å². The molecular formula is C13H20N2O3. The van der Waals surface area contributed by atoms with E-state index in [4.69, 9.17) is 5.11 Å². The van der Waals surface area contributed by atoms with Gasteiger partial charge in [0.05, 0.1) is 4.92 Å². The Hall–Kier alpha value is -1.62. The molecule has 0 fully saturated rings.